The number of carbonyl (C=O) groups excluding carboxylic acids is 1. The molecule has 1 aromatic rings. The van der Waals surface area contributed by atoms with Gasteiger partial charge in [0.2, 0.25) is 0 Å². The van der Waals surface area contributed by atoms with Gasteiger partial charge in [-0.05, 0) is 40.3 Å². The van der Waals surface area contributed by atoms with Crippen molar-refractivity contribution in [2.75, 3.05) is 0 Å². The van der Waals surface area contributed by atoms with E-state index in [0.29, 0.717) is 10.7 Å². The Morgan fingerprint density at radius 3 is 2.73 bits per heavy atom. The summed E-state index contributed by atoms with van der Waals surface area (Å²) >= 11 is 12.8. The van der Waals surface area contributed by atoms with Gasteiger partial charge in [0.05, 0.1) is 9.13 Å². The second kappa shape index (κ2) is 3.69. The molecule has 1 rings (SSSR count). The molecule has 0 aliphatic heterocycles. The molecule has 0 aliphatic rings. The number of rotatable bonds is 1. The smallest absolute Gasteiger partial charge is 0.253 e. The van der Waals surface area contributed by atoms with Crippen LogP contribution in [0.4, 0.5) is 0 Å². The average Bonchev–Trinajstić information content (AvgIpc) is 1.94. The predicted molar refractivity (Wildman–Crippen MR) is 52.1 cm³/mol. The highest BCUT2D eigenvalue weighted by Crippen LogP contribution is 2.16. The van der Waals surface area contributed by atoms with E-state index in [-0.39, 0.29) is 0 Å². The number of carbonyl (C=O) groups is 1. The molecule has 0 amide bonds. The number of halogens is 3. The predicted octanol–water partition coefficient (Wildman–Crippen LogP) is 2.72. The van der Waals surface area contributed by atoms with Crippen LogP contribution < -0.4 is 0 Å². The SMILES string of the molecule is O=C(Cl)c1cnc(Cl)c(I)c1. The van der Waals surface area contributed by atoms with E-state index >= 15 is 0 Å². The topological polar surface area (TPSA) is 30.0 Å². The minimum atomic E-state index is -0.521. The standard InChI is InChI=1S/C6H2Cl2INO/c7-5-4(9)1-3(2-10-5)6(8)11/h1-2H. The molecule has 0 N–H and O–H groups in total. The molecule has 5 heteroatoms. The van der Waals surface area contributed by atoms with Gasteiger partial charge < -0.3 is 0 Å². The lowest BCUT2D eigenvalue weighted by Gasteiger charge is -1.95. The molecule has 0 unspecified atom stereocenters. The van der Waals surface area contributed by atoms with Crippen molar-refractivity contribution >= 4 is 51.0 Å². The molecule has 0 fully saturated rings. The minimum absolute atomic E-state index is 0.362. The zero-order valence-electron chi connectivity index (χ0n) is 5.14. The minimum Gasteiger partial charge on any atom is -0.276 e. The molecule has 0 aliphatic carbocycles. The van der Waals surface area contributed by atoms with Crippen molar-refractivity contribution in [3.63, 3.8) is 0 Å². The van der Waals surface area contributed by atoms with Gasteiger partial charge in [-0.15, -0.1) is 0 Å². The summed E-state index contributed by atoms with van der Waals surface area (Å²) in [7, 11) is 0. The summed E-state index contributed by atoms with van der Waals surface area (Å²) in [5.74, 6) is 0. The zero-order valence-corrected chi connectivity index (χ0v) is 8.81. The Morgan fingerprint density at radius 2 is 2.27 bits per heavy atom. The number of nitrogens with zero attached hydrogens (tertiary/aromatic N) is 1. The summed E-state index contributed by atoms with van der Waals surface area (Å²) in [5, 5.41) is -0.139. The van der Waals surface area contributed by atoms with Crippen LogP contribution in [0.3, 0.4) is 0 Å². The monoisotopic (exact) mass is 301 g/mol. The summed E-state index contributed by atoms with van der Waals surface area (Å²) in [6.07, 6.45) is 1.35. The van der Waals surface area contributed by atoms with Gasteiger partial charge in [0.25, 0.3) is 5.24 Å². The number of hydrogen-bond donors (Lipinski definition) is 0. The zero-order chi connectivity index (χ0) is 8.43. The van der Waals surface area contributed by atoms with Gasteiger partial charge in [0.1, 0.15) is 5.15 Å². The number of hydrogen-bond acceptors (Lipinski definition) is 2. The van der Waals surface area contributed by atoms with E-state index in [2.05, 4.69) is 4.98 Å². The van der Waals surface area contributed by atoms with Crippen LogP contribution in [0.5, 0.6) is 0 Å². The Hall–Kier alpha value is 0.130. The molecule has 0 saturated carbocycles. The number of pyridine rings is 1. The van der Waals surface area contributed by atoms with Gasteiger partial charge in [0.15, 0.2) is 0 Å². The van der Waals surface area contributed by atoms with Crippen LogP contribution in [-0.2, 0) is 0 Å². The maximum absolute atomic E-state index is 10.6. The Morgan fingerprint density at radius 1 is 1.64 bits per heavy atom. The van der Waals surface area contributed by atoms with Crippen LogP contribution in [0.25, 0.3) is 0 Å². The first kappa shape index (κ1) is 9.22. The fourth-order valence-electron chi connectivity index (χ4n) is 0.529. The van der Waals surface area contributed by atoms with Crippen LogP contribution >= 0.6 is 45.8 Å². The van der Waals surface area contributed by atoms with E-state index in [0.717, 1.165) is 3.57 Å². The Balaban J connectivity index is 3.15. The molecule has 0 atom stereocenters. The molecular formula is C6H2Cl2INO. The summed E-state index contributed by atoms with van der Waals surface area (Å²) in [4.78, 5) is 14.3. The summed E-state index contributed by atoms with van der Waals surface area (Å²) in [5.41, 5.74) is 0.362. The van der Waals surface area contributed by atoms with Gasteiger partial charge in [-0.1, -0.05) is 11.6 Å². The quantitative estimate of drug-likeness (QED) is 0.453. The van der Waals surface area contributed by atoms with E-state index in [4.69, 9.17) is 23.2 Å². The summed E-state index contributed by atoms with van der Waals surface area (Å²) < 4.78 is 0.718. The Labute approximate surface area is 87.0 Å². The molecule has 11 heavy (non-hydrogen) atoms. The van der Waals surface area contributed by atoms with E-state index in [1.54, 1.807) is 6.07 Å². The second-order valence-corrected chi connectivity index (χ2v) is 3.63. The molecule has 2 nitrogen and oxygen atoms in total. The van der Waals surface area contributed by atoms with Gasteiger partial charge in [-0.3, -0.25) is 4.79 Å². The third-order valence-corrected chi connectivity index (χ3v) is 2.68. The van der Waals surface area contributed by atoms with E-state index in [1.165, 1.54) is 6.20 Å². The molecule has 0 bridgehead atoms. The van der Waals surface area contributed by atoms with Crippen molar-refractivity contribution < 1.29 is 4.79 Å². The van der Waals surface area contributed by atoms with Crippen molar-refractivity contribution in [3.05, 3.63) is 26.5 Å². The maximum Gasteiger partial charge on any atom is 0.253 e. The first-order chi connectivity index (χ1) is 5.11. The van der Waals surface area contributed by atoms with Gasteiger partial charge >= 0.3 is 0 Å². The third kappa shape index (κ3) is 2.28. The number of aromatic nitrogens is 1. The fraction of sp³-hybridized carbons (Fsp3) is 0. The van der Waals surface area contributed by atoms with Gasteiger partial charge in [-0.25, -0.2) is 4.98 Å². The Kier molecular flexibility index (Phi) is 3.09. The van der Waals surface area contributed by atoms with Crippen molar-refractivity contribution in [2.45, 2.75) is 0 Å². The lowest BCUT2D eigenvalue weighted by atomic mass is 10.3. The molecule has 58 valence electrons. The molecule has 1 heterocycles. The molecule has 0 radical (unpaired) electrons. The van der Waals surface area contributed by atoms with Gasteiger partial charge in [0, 0.05) is 6.20 Å². The van der Waals surface area contributed by atoms with Crippen molar-refractivity contribution in [3.8, 4) is 0 Å². The van der Waals surface area contributed by atoms with E-state index in [1.807, 2.05) is 22.6 Å². The highest BCUT2D eigenvalue weighted by atomic mass is 127. The van der Waals surface area contributed by atoms with Crippen LogP contribution in [0.1, 0.15) is 10.4 Å². The van der Waals surface area contributed by atoms with Crippen LogP contribution in [0.15, 0.2) is 12.3 Å². The third-order valence-electron chi connectivity index (χ3n) is 1.02. The van der Waals surface area contributed by atoms with E-state index in [9.17, 15) is 4.79 Å². The summed E-state index contributed by atoms with van der Waals surface area (Å²) in [6.45, 7) is 0. The maximum atomic E-state index is 10.6. The lowest BCUT2D eigenvalue weighted by Crippen LogP contribution is -1.91. The lowest BCUT2D eigenvalue weighted by molar-refractivity contribution is 0.108. The van der Waals surface area contributed by atoms with Crippen molar-refractivity contribution in [1.29, 1.82) is 0 Å². The highest BCUT2D eigenvalue weighted by molar-refractivity contribution is 14.1. The van der Waals surface area contributed by atoms with Crippen LogP contribution in [-0.4, -0.2) is 10.2 Å². The molecule has 0 saturated heterocycles. The summed E-state index contributed by atoms with van der Waals surface area (Å²) in [6, 6.07) is 1.59. The molecule has 1 aromatic heterocycles. The Bertz CT molecular complexity index is 303. The normalized spacial score (nSPS) is 9.73. The van der Waals surface area contributed by atoms with Gasteiger partial charge in [-0.2, -0.15) is 0 Å². The fourth-order valence-corrected chi connectivity index (χ4v) is 1.21. The average molecular weight is 302 g/mol. The van der Waals surface area contributed by atoms with Crippen LogP contribution in [0, 0.1) is 3.57 Å². The van der Waals surface area contributed by atoms with Crippen LogP contribution in [0.2, 0.25) is 5.15 Å². The largest absolute Gasteiger partial charge is 0.276 e. The first-order valence-corrected chi connectivity index (χ1v) is 4.45. The molecular weight excluding hydrogens is 300 g/mol. The van der Waals surface area contributed by atoms with Crippen molar-refractivity contribution in [1.82, 2.24) is 4.98 Å². The molecule has 0 aromatic carbocycles. The molecule has 0 spiro atoms. The van der Waals surface area contributed by atoms with Crippen molar-refractivity contribution in [2.24, 2.45) is 0 Å². The van der Waals surface area contributed by atoms with E-state index < -0.39 is 5.24 Å². The highest BCUT2D eigenvalue weighted by Gasteiger charge is 2.04. The second-order valence-electron chi connectivity index (χ2n) is 1.77. The first-order valence-electron chi connectivity index (χ1n) is 2.62.